The Bertz CT molecular complexity index is 1180. The third-order valence-corrected chi connectivity index (χ3v) is 5.40. The summed E-state index contributed by atoms with van der Waals surface area (Å²) >= 11 is 0. The van der Waals surface area contributed by atoms with E-state index in [0.717, 1.165) is 36.2 Å². The Morgan fingerprint density at radius 1 is 0.730 bits per heavy atom. The van der Waals surface area contributed by atoms with Crippen molar-refractivity contribution in [3.8, 4) is 0 Å². The third-order valence-electron chi connectivity index (χ3n) is 5.40. The largest absolute Gasteiger partial charge is 0.463 e. The van der Waals surface area contributed by atoms with E-state index in [1.807, 2.05) is 79.7 Å². The number of hydrogen-bond acceptors (Lipinski definition) is 4. The average molecular weight is 716 g/mol. The first kappa shape index (κ1) is 30.0. The number of esters is 1. The fraction of sp³-hybridized carbons (Fsp3) is 0.156. The minimum Gasteiger partial charge on any atom is -0.463 e. The van der Waals surface area contributed by atoms with Gasteiger partial charge in [0.15, 0.2) is 0 Å². The van der Waals surface area contributed by atoms with Gasteiger partial charge < -0.3 is 16.2 Å². The van der Waals surface area contributed by atoms with Gasteiger partial charge in [-0.3, -0.25) is 0 Å². The van der Waals surface area contributed by atoms with Crippen molar-refractivity contribution in [2.45, 2.75) is 26.2 Å². The minimum atomic E-state index is -0.290. The van der Waals surface area contributed by atoms with Gasteiger partial charge in [-0.1, -0.05) is 55.5 Å². The van der Waals surface area contributed by atoms with Crippen molar-refractivity contribution >= 4 is 23.4 Å². The van der Waals surface area contributed by atoms with Crippen LogP contribution in [-0.2, 0) is 22.4 Å². The topological polar surface area (TPSA) is 78.3 Å². The van der Waals surface area contributed by atoms with Crippen molar-refractivity contribution in [2.75, 3.05) is 18.1 Å². The van der Waals surface area contributed by atoms with E-state index in [-0.39, 0.29) is 37.1 Å². The minimum absolute atomic E-state index is 0. The molecule has 0 aliphatic heterocycles. The van der Waals surface area contributed by atoms with E-state index in [4.69, 9.17) is 16.2 Å². The zero-order valence-corrected chi connectivity index (χ0v) is 25.4. The van der Waals surface area contributed by atoms with Gasteiger partial charge in [0.2, 0.25) is 0 Å². The van der Waals surface area contributed by atoms with Crippen LogP contribution in [-0.4, -0.2) is 12.6 Å². The molecule has 4 rings (SSSR count). The SMILES string of the molecule is CCCOC(=O)/C=C/c1ccc(Cc2cc[c-]cc2)cc1.Nc1ccc(Cc2ccc(N)cc2)cc1.[U]. The molecular formula is C32H33N2O2U-. The van der Waals surface area contributed by atoms with E-state index >= 15 is 0 Å². The van der Waals surface area contributed by atoms with Gasteiger partial charge in [0.25, 0.3) is 0 Å². The Balaban J connectivity index is 0.000000266. The van der Waals surface area contributed by atoms with Gasteiger partial charge in [0, 0.05) is 48.6 Å². The van der Waals surface area contributed by atoms with E-state index in [1.54, 1.807) is 6.08 Å². The van der Waals surface area contributed by atoms with Gasteiger partial charge in [-0.05, 0) is 71.9 Å². The second kappa shape index (κ2) is 16.5. The molecule has 4 nitrogen and oxygen atoms in total. The number of hydrogen-bond donors (Lipinski definition) is 2. The van der Waals surface area contributed by atoms with Crippen LogP contribution in [0.5, 0.6) is 0 Å². The molecule has 37 heavy (non-hydrogen) atoms. The molecule has 0 spiro atoms. The summed E-state index contributed by atoms with van der Waals surface area (Å²) in [6.07, 6.45) is 5.90. The Hall–Kier alpha value is -3.26. The molecule has 0 fully saturated rings. The first-order valence-corrected chi connectivity index (χ1v) is 12.1. The van der Waals surface area contributed by atoms with E-state index in [0.29, 0.717) is 6.61 Å². The van der Waals surface area contributed by atoms with E-state index in [1.165, 1.54) is 28.3 Å². The number of ether oxygens (including phenoxy) is 1. The maximum Gasteiger partial charge on any atom is 0.330 e. The van der Waals surface area contributed by atoms with Gasteiger partial charge in [-0.25, -0.2) is 4.79 Å². The molecule has 0 atom stereocenters. The Morgan fingerprint density at radius 3 is 1.62 bits per heavy atom. The van der Waals surface area contributed by atoms with Crippen molar-refractivity contribution in [2.24, 2.45) is 0 Å². The normalized spacial score (nSPS) is 10.2. The fourth-order valence-corrected chi connectivity index (χ4v) is 3.44. The first-order valence-electron chi connectivity index (χ1n) is 12.1. The molecule has 0 saturated heterocycles. The number of carbonyl (C=O) groups is 1. The Morgan fingerprint density at radius 2 is 1.16 bits per heavy atom. The van der Waals surface area contributed by atoms with Crippen molar-refractivity contribution in [3.63, 3.8) is 0 Å². The van der Waals surface area contributed by atoms with Crippen LogP contribution in [0.4, 0.5) is 11.4 Å². The number of nitrogen functional groups attached to an aromatic ring is 2. The maximum atomic E-state index is 11.4. The van der Waals surface area contributed by atoms with Crippen molar-refractivity contribution in [1.82, 2.24) is 0 Å². The van der Waals surface area contributed by atoms with Gasteiger partial charge in [-0.15, -0.1) is 0 Å². The Labute approximate surface area is 244 Å². The summed E-state index contributed by atoms with van der Waals surface area (Å²) in [6.45, 7) is 2.44. The van der Waals surface area contributed by atoms with Gasteiger partial charge >= 0.3 is 5.97 Å². The zero-order valence-electron chi connectivity index (χ0n) is 21.2. The van der Waals surface area contributed by atoms with Crippen molar-refractivity contribution in [1.29, 1.82) is 0 Å². The zero-order chi connectivity index (χ0) is 25.6. The van der Waals surface area contributed by atoms with Gasteiger partial charge in [0.05, 0.1) is 6.61 Å². The molecule has 0 aromatic heterocycles. The quantitative estimate of drug-likeness (QED) is 0.0948. The van der Waals surface area contributed by atoms with Crippen molar-refractivity contribution < 1.29 is 40.6 Å². The van der Waals surface area contributed by atoms with Gasteiger partial charge in [0.1, 0.15) is 0 Å². The molecule has 0 heterocycles. The van der Waals surface area contributed by atoms with Crippen LogP contribution >= 0.6 is 0 Å². The smallest absolute Gasteiger partial charge is 0.330 e. The summed E-state index contributed by atoms with van der Waals surface area (Å²) in [4.78, 5) is 11.4. The number of carbonyl (C=O) groups excluding carboxylic acids is 1. The number of nitrogens with two attached hydrogens (primary N) is 2. The monoisotopic (exact) mass is 715 g/mol. The predicted octanol–water partition coefficient (Wildman–Crippen LogP) is 6.49. The summed E-state index contributed by atoms with van der Waals surface area (Å²) in [7, 11) is 0. The van der Waals surface area contributed by atoms with E-state index < -0.39 is 0 Å². The van der Waals surface area contributed by atoms with Gasteiger partial charge in [-0.2, -0.15) is 35.9 Å². The summed E-state index contributed by atoms with van der Waals surface area (Å²) in [6, 6.07) is 35.1. The first-order chi connectivity index (χ1) is 17.5. The fourth-order valence-electron chi connectivity index (χ4n) is 3.44. The van der Waals surface area contributed by atoms with Crippen LogP contribution in [0.3, 0.4) is 0 Å². The van der Waals surface area contributed by atoms with Crippen LogP contribution < -0.4 is 11.5 Å². The maximum absolute atomic E-state index is 11.4. The van der Waals surface area contributed by atoms with E-state index in [9.17, 15) is 4.79 Å². The molecule has 188 valence electrons. The number of anilines is 2. The molecule has 0 bridgehead atoms. The molecule has 4 N–H and O–H groups in total. The second-order valence-corrected chi connectivity index (χ2v) is 8.49. The van der Waals surface area contributed by atoms with Crippen molar-refractivity contribution in [3.05, 3.63) is 137 Å². The molecule has 0 aliphatic rings. The molecule has 0 saturated carbocycles. The molecule has 0 aliphatic carbocycles. The van der Waals surface area contributed by atoms with Crippen LogP contribution in [0.1, 0.15) is 41.2 Å². The molecular weight excluding hydrogens is 682 g/mol. The van der Waals surface area contributed by atoms with Crippen LogP contribution in [0.2, 0.25) is 0 Å². The molecule has 0 amide bonds. The van der Waals surface area contributed by atoms with E-state index in [2.05, 4.69) is 30.3 Å². The summed E-state index contributed by atoms with van der Waals surface area (Å²) in [5, 5.41) is 0. The second-order valence-electron chi connectivity index (χ2n) is 8.49. The molecule has 5 heteroatoms. The Kier molecular flexibility index (Phi) is 13.3. The van der Waals surface area contributed by atoms with Crippen LogP contribution in [0, 0.1) is 37.2 Å². The molecule has 0 radical (unpaired) electrons. The molecule has 4 aromatic carbocycles. The predicted molar refractivity (Wildman–Crippen MR) is 149 cm³/mol. The van der Waals surface area contributed by atoms with Crippen LogP contribution in [0.15, 0.2) is 103 Å². The third kappa shape index (κ3) is 11.6. The standard InChI is InChI=1S/C19H19O2.C13H14N2.U/c1-2-14-21-19(20)13-12-16-8-10-18(11-9-16)15-17-6-4-3-5-7-17;14-12-5-1-10(2-6-12)9-11-3-7-13(15)8-4-11;/h4-13H,2,14-15H2,1H3;1-8H,9,14-15H2;/q-1;;/b13-12+;;. The molecule has 0 unspecified atom stereocenters. The van der Waals surface area contributed by atoms with Crippen LogP contribution in [0.25, 0.3) is 6.08 Å². The molecule has 4 aromatic rings. The number of rotatable bonds is 8. The summed E-state index contributed by atoms with van der Waals surface area (Å²) in [5.74, 6) is -0.290. The average Bonchev–Trinajstić information content (AvgIpc) is 2.91. The summed E-state index contributed by atoms with van der Waals surface area (Å²) < 4.78 is 4.99. The summed E-state index contributed by atoms with van der Waals surface area (Å²) in [5.41, 5.74) is 18.9. The number of benzene rings is 4.